The molecule has 3 heteroatoms. The molecular weight excluding hydrogens is 128 g/mol. The molecule has 0 saturated carbocycles. The zero-order chi connectivity index (χ0) is 8.15. The molecule has 3 N–H and O–H groups in total. The van der Waals surface area contributed by atoms with Gasteiger partial charge in [-0.1, -0.05) is 19.2 Å². The van der Waals surface area contributed by atoms with Crippen molar-refractivity contribution in [3.8, 4) is 0 Å². The molecule has 0 aromatic rings. The van der Waals surface area contributed by atoms with E-state index in [1.807, 2.05) is 0 Å². The summed E-state index contributed by atoms with van der Waals surface area (Å²) >= 11 is 0. The molecule has 0 spiro atoms. The van der Waals surface area contributed by atoms with Crippen LogP contribution in [-0.2, 0) is 4.79 Å². The van der Waals surface area contributed by atoms with E-state index in [2.05, 4.69) is 18.5 Å². The largest absolute Gasteiger partial charge is 0.334 e. The summed E-state index contributed by atoms with van der Waals surface area (Å²) in [5, 5.41) is 2.45. The molecule has 0 aliphatic carbocycles. The van der Waals surface area contributed by atoms with Crippen LogP contribution in [0.2, 0.25) is 0 Å². The first-order chi connectivity index (χ1) is 4.57. The summed E-state index contributed by atoms with van der Waals surface area (Å²) in [6, 6.07) is 0. The Morgan fingerprint density at radius 3 is 2.60 bits per heavy atom. The summed E-state index contributed by atoms with van der Waals surface area (Å²) in [6.45, 7) is 8.46. The van der Waals surface area contributed by atoms with Crippen LogP contribution in [0, 0.1) is 0 Å². The zero-order valence-electron chi connectivity index (χ0n) is 6.05. The highest BCUT2D eigenvalue weighted by Crippen LogP contribution is 1.85. The van der Waals surface area contributed by atoms with E-state index in [1.165, 1.54) is 6.08 Å². The van der Waals surface area contributed by atoms with Crippen molar-refractivity contribution in [3.05, 3.63) is 24.8 Å². The molecule has 3 nitrogen and oxygen atoms in total. The van der Waals surface area contributed by atoms with Crippen LogP contribution in [0.15, 0.2) is 24.8 Å². The molecule has 0 heterocycles. The lowest BCUT2D eigenvalue weighted by molar-refractivity contribution is -0.117. The van der Waals surface area contributed by atoms with Crippen LogP contribution < -0.4 is 11.1 Å². The molecule has 0 aliphatic rings. The quantitative estimate of drug-likeness (QED) is 0.333. The third-order valence-electron chi connectivity index (χ3n) is 0.939. The molecule has 0 aromatic heterocycles. The molecule has 0 bridgehead atoms. The number of nitrogens with two attached hydrogens (primary N) is 1. The summed E-state index contributed by atoms with van der Waals surface area (Å²) < 4.78 is 0. The Kier molecular flexibility index (Phi) is 3.43. The van der Waals surface area contributed by atoms with Crippen molar-refractivity contribution in [1.29, 1.82) is 0 Å². The Morgan fingerprint density at radius 1 is 1.80 bits per heavy atom. The van der Waals surface area contributed by atoms with E-state index < -0.39 is 6.17 Å². The number of hydrogen-bond acceptors (Lipinski definition) is 2. The third-order valence-corrected chi connectivity index (χ3v) is 0.939. The lowest BCUT2D eigenvalue weighted by Gasteiger charge is -2.07. The number of carbonyl (C=O) groups excluding carboxylic acids is 1. The van der Waals surface area contributed by atoms with E-state index in [0.717, 1.165) is 0 Å². The molecule has 1 unspecified atom stereocenters. The monoisotopic (exact) mass is 140 g/mol. The maximum atomic E-state index is 10.8. The van der Waals surface area contributed by atoms with Crippen LogP contribution in [0.4, 0.5) is 0 Å². The van der Waals surface area contributed by atoms with Gasteiger partial charge >= 0.3 is 0 Å². The minimum atomic E-state index is -0.482. The van der Waals surface area contributed by atoms with E-state index in [9.17, 15) is 4.79 Å². The van der Waals surface area contributed by atoms with Crippen molar-refractivity contribution in [2.45, 2.75) is 13.1 Å². The van der Waals surface area contributed by atoms with E-state index in [-0.39, 0.29) is 5.91 Å². The van der Waals surface area contributed by atoms with Gasteiger partial charge in [-0.25, -0.2) is 0 Å². The molecule has 0 radical (unpaired) electrons. The predicted molar refractivity (Wildman–Crippen MR) is 41.1 cm³/mol. The van der Waals surface area contributed by atoms with Crippen molar-refractivity contribution in [2.24, 2.45) is 5.73 Å². The predicted octanol–water partition coefficient (Wildman–Crippen LogP) is 0.150. The highest BCUT2D eigenvalue weighted by molar-refractivity contribution is 5.92. The average Bonchev–Trinajstić information content (AvgIpc) is 1.87. The molecule has 1 atom stereocenters. The lowest BCUT2D eigenvalue weighted by atomic mass is 10.3. The van der Waals surface area contributed by atoms with Gasteiger partial charge in [-0.15, -0.1) is 0 Å². The van der Waals surface area contributed by atoms with Crippen LogP contribution in [0.25, 0.3) is 0 Å². The molecule has 0 aliphatic heterocycles. The molecule has 10 heavy (non-hydrogen) atoms. The topological polar surface area (TPSA) is 55.1 Å². The number of amides is 1. The standard InChI is InChI=1S/C7H12N2O/c1-4-6(8)9-7(10)5(2)3/h4,6H,1-2,8H2,3H3,(H,9,10). The van der Waals surface area contributed by atoms with Crippen molar-refractivity contribution < 1.29 is 4.79 Å². The Balaban J connectivity index is 3.79. The third kappa shape index (κ3) is 3.04. The minimum Gasteiger partial charge on any atom is -0.334 e. The summed E-state index contributed by atoms with van der Waals surface area (Å²) in [7, 11) is 0. The first kappa shape index (κ1) is 8.91. The number of hydrogen-bond donors (Lipinski definition) is 2. The molecule has 56 valence electrons. The van der Waals surface area contributed by atoms with Gasteiger partial charge in [0, 0.05) is 5.57 Å². The molecule has 1 amide bonds. The SMILES string of the molecule is C=CC(N)NC(=O)C(=C)C. The highest BCUT2D eigenvalue weighted by atomic mass is 16.1. The van der Waals surface area contributed by atoms with Gasteiger partial charge in [-0.2, -0.15) is 0 Å². The van der Waals surface area contributed by atoms with Gasteiger partial charge in [-0.3, -0.25) is 4.79 Å². The fourth-order valence-corrected chi connectivity index (χ4v) is 0.334. The summed E-state index contributed by atoms with van der Waals surface area (Å²) in [5.41, 5.74) is 5.76. The Bertz CT molecular complexity index is 163. The van der Waals surface area contributed by atoms with E-state index in [0.29, 0.717) is 5.57 Å². The summed E-state index contributed by atoms with van der Waals surface area (Å²) in [6.07, 6.45) is 0.963. The van der Waals surface area contributed by atoms with Gasteiger partial charge in [0.1, 0.15) is 0 Å². The Morgan fingerprint density at radius 2 is 2.30 bits per heavy atom. The Hall–Kier alpha value is -1.09. The van der Waals surface area contributed by atoms with Gasteiger partial charge < -0.3 is 11.1 Å². The van der Waals surface area contributed by atoms with Crippen molar-refractivity contribution in [1.82, 2.24) is 5.32 Å². The van der Waals surface area contributed by atoms with Gasteiger partial charge in [0.2, 0.25) is 5.91 Å². The Labute approximate surface area is 60.6 Å². The first-order valence-corrected chi connectivity index (χ1v) is 2.92. The minimum absolute atomic E-state index is 0.243. The summed E-state index contributed by atoms with van der Waals surface area (Å²) in [4.78, 5) is 10.8. The highest BCUT2D eigenvalue weighted by Gasteiger charge is 2.02. The van der Waals surface area contributed by atoms with Gasteiger partial charge in [0.25, 0.3) is 0 Å². The molecule has 0 rings (SSSR count). The van der Waals surface area contributed by atoms with E-state index >= 15 is 0 Å². The van der Waals surface area contributed by atoms with Crippen molar-refractivity contribution >= 4 is 5.91 Å². The van der Waals surface area contributed by atoms with Gasteiger partial charge in [0.15, 0.2) is 0 Å². The van der Waals surface area contributed by atoms with E-state index in [1.54, 1.807) is 6.92 Å². The van der Waals surface area contributed by atoms with Crippen LogP contribution >= 0.6 is 0 Å². The number of carbonyl (C=O) groups is 1. The first-order valence-electron chi connectivity index (χ1n) is 2.92. The van der Waals surface area contributed by atoms with Crippen LogP contribution in [0.3, 0.4) is 0 Å². The second-order valence-corrected chi connectivity index (χ2v) is 2.02. The van der Waals surface area contributed by atoms with Crippen LogP contribution in [0.5, 0.6) is 0 Å². The number of nitrogens with one attached hydrogen (secondary N) is 1. The molecule has 0 saturated heterocycles. The maximum absolute atomic E-state index is 10.8. The number of rotatable bonds is 3. The molecular formula is C7H12N2O. The van der Waals surface area contributed by atoms with E-state index in [4.69, 9.17) is 5.73 Å². The van der Waals surface area contributed by atoms with Crippen molar-refractivity contribution in [3.63, 3.8) is 0 Å². The normalized spacial score (nSPS) is 11.8. The van der Waals surface area contributed by atoms with Gasteiger partial charge in [-0.05, 0) is 6.92 Å². The van der Waals surface area contributed by atoms with Crippen LogP contribution in [-0.4, -0.2) is 12.1 Å². The summed E-state index contributed by atoms with van der Waals surface area (Å²) in [5.74, 6) is -0.243. The smallest absolute Gasteiger partial charge is 0.247 e. The zero-order valence-corrected chi connectivity index (χ0v) is 6.05. The fourth-order valence-electron chi connectivity index (χ4n) is 0.334. The second-order valence-electron chi connectivity index (χ2n) is 2.02. The molecule has 0 fully saturated rings. The second kappa shape index (κ2) is 3.85. The average molecular weight is 140 g/mol. The van der Waals surface area contributed by atoms with Crippen molar-refractivity contribution in [2.75, 3.05) is 0 Å². The maximum Gasteiger partial charge on any atom is 0.247 e. The fraction of sp³-hybridized carbons (Fsp3) is 0.286. The molecule has 0 aromatic carbocycles. The lowest BCUT2D eigenvalue weighted by Crippen LogP contribution is -2.39. The van der Waals surface area contributed by atoms with Gasteiger partial charge in [0.05, 0.1) is 6.17 Å². The van der Waals surface area contributed by atoms with Crippen LogP contribution in [0.1, 0.15) is 6.92 Å².